The third-order valence-corrected chi connectivity index (χ3v) is 8.17. The molecule has 3 rings (SSSR count). The van der Waals surface area contributed by atoms with Gasteiger partial charge in [-0.15, -0.1) is 0 Å². The maximum absolute atomic E-state index is 13.1. The van der Waals surface area contributed by atoms with Crippen LogP contribution in [0, 0.1) is 11.8 Å². The van der Waals surface area contributed by atoms with Crippen LogP contribution in [-0.4, -0.2) is 49.5 Å². The molecular formula is C20H29ClN2O4S. The summed E-state index contributed by atoms with van der Waals surface area (Å²) in [6.07, 6.45) is 5.15. The quantitative estimate of drug-likeness (QED) is 0.754. The molecule has 1 aromatic rings. The molecule has 8 heteroatoms. The van der Waals surface area contributed by atoms with Crippen molar-refractivity contribution in [1.82, 2.24) is 9.62 Å². The molecule has 0 unspecified atom stereocenters. The lowest BCUT2D eigenvalue weighted by molar-refractivity contribution is 0.0663. The first-order valence-corrected chi connectivity index (χ1v) is 11.9. The van der Waals surface area contributed by atoms with Gasteiger partial charge in [0.15, 0.2) is 0 Å². The lowest BCUT2D eigenvalue weighted by atomic mass is 9.86. The van der Waals surface area contributed by atoms with Gasteiger partial charge >= 0.3 is 0 Å². The second-order valence-electron chi connectivity index (χ2n) is 8.08. The SMILES string of the molecule is C[C@@H]1CCCN(S(=O)(=O)c2cc(C(=O)NC[C@@H]3CCCC[C@@H]3O)ccc2Cl)C1. The van der Waals surface area contributed by atoms with Gasteiger partial charge in [0, 0.05) is 31.1 Å². The smallest absolute Gasteiger partial charge is 0.251 e. The largest absolute Gasteiger partial charge is 0.393 e. The third kappa shape index (κ3) is 4.87. The van der Waals surface area contributed by atoms with Crippen LogP contribution in [0.25, 0.3) is 0 Å². The number of piperidine rings is 1. The summed E-state index contributed by atoms with van der Waals surface area (Å²) in [6.45, 7) is 3.36. The Kier molecular flexibility index (Phi) is 7.02. The first-order chi connectivity index (χ1) is 13.3. The first kappa shape index (κ1) is 21.6. The van der Waals surface area contributed by atoms with Crippen molar-refractivity contribution in [2.45, 2.75) is 56.4 Å². The van der Waals surface area contributed by atoms with Gasteiger partial charge in [0.2, 0.25) is 10.0 Å². The molecule has 6 nitrogen and oxygen atoms in total. The molecule has 1 aliphatic carbocycles. The fraction of sp³-hybridized carbons (Fsp3) is 0.650. The molecule has 1 aromatic carbocycles. The molecule has 1 saturated heterocycles. The van der Waals surface area contributed by atoms with E-state index in [4.69, 9.17) is 11.6 Å². The van der Waals surface area contributed by atoms with Crippen LogP contribution in [0.5, 0.6) is 0 Å². The van der Waals surface area contributed by atoms with Crippen LogP contribution in [0.15, 0.2) is 23.1 Å². The zero-order chi connectivity index (χ0) is 20.3. The number of hydrogen-bond donors (Lipinski definition) is 2. The van der Waals surface area contributed by atoms with Gasteiger partial charge in [-0.1, -0.05) is 31.4 Å². The van der Waals surface area contributed by atoms with E-state index in [2.05, 4.69) is 5.32 Å². The predicted octanol–water partition coefficient (Wildman–Crippen LogP) is 3.04. The number of nitrogens with zero attached hydrogens (tertiary/aromatic N) is 1. The first-order valence-electron chi connectivity index (χ1n) is 10.0. The normalized spacial score (nSPS) is 26.8. The predicted molar refractivity (Wildman–Crippen MR) is 109 cm³/mol. The number of rotatable bonds is 5. The lowest BCUT2D eigenvalue weighted by Gasteiger charge is -2.30. The highest BCUT2D eigenvalue weighted by Crippen LogP contribution is 2.29. The number of benzene rings is 1. The number of aliphatic hydroxyl groups is 1. The van der Waals surface area contributed by atoms with Crippen molar-refractivity contribution < 1.29 is 18.3 Å². The Morgan fingerprint density at radius 1 is 1.25 bits per heavy atom. The van der Waals surface area contributed by atoms with Crippen molar-refractivity contribution in [3.8, 4) is 0 Å². The van der Waals surface area contributed by atoms with Gasteiger partial charge in [0.1, 0.15) is 4.90 Å². The number of sulfonamides is 1. The number of amides is 1. The molecule has 0 aromatic heterocycles. The van der Waals surface area contributed by atoms with Gasteiger partial charge in [-0.25, -0.2) is 8.42 Å². The van der Waals surface area contributed by atoms with Crippen molar-refractivity contribution in [3.05, 3.63) is 28.8 Å². The Labute approximate surface area is 172 Å². The summed E-state index contributed by atoms with van der Waals surface area (Å²) in [5.74, 6) is -0.00311. The van der Waals surface area contributed by atoms with E-state index in [0.717, 1.165) is 38.5 Å². The number of nitrogens with one attached hydrogen (secondary N) is 1. The van der Waals surface area contributed by atoms with Crippen LogP contribution in [0.2, 0.25) is 5.02 Å². The fourth-order valence-corrected chi connectivity index (χ4v) is 6.20. The minimum atomic E-state index is -3.74. The van der Waals surface area contributed by atoms with Gasteiger partial charge in [-0.2, -0.15) is 4.31 Å². The van der Waals surface area contributed by atoms with E-state index in [1.807, 2.05) is 6.92 Å². The van der Waals surface area contributed by atoms with Crippen molar-refractivity contribution in [1.29, 1.82) is 0 Å². The molecule has 2 aliphatic rings. The number of carbonyl (C=O) groups excluding carboxylic acids is 1. The average molecular weight is 429 g/mol. The van der Waals surface area contributed by atoms with Crippen molar-refractivity contribution in [2.24, 2.45) is 11.8 Å². The van der Waals surface area contributed by atoms with Crippen molar-refractivity contribution >= 4 is 27.5 Å². The van der Waals surface area contributed by atoms with Gasteiger partial charge in [0.05, 0.1) is 11.1 Å². The summed E-state index contributed by atoms with van der Waals surface area (Å²) in [5.41, 5.74) is 0.262. The summed E-state index contributed by atoms with van der Waals surface area (Å²) < 4.78 is 27.6. The molecule has 156 valence electrons. The van der Waals surface area contributed by atoms with Crippen LogP contribution >= 0.6 is 11.6 Å². The fourth-order valence-electron chi connectivity index (χ4n) is 4.10. The second-order valence-corrected chi connectivity index (χ2v) is 10.4. The zero-order valence-electron chi connectivity index (χ0n) is 16.2. The van der Waals surface area contributed by atoms with Gasteiger partial charge in [0.25, 0.3) is 5.91 Å². The molecule has 0 bridgehead atoms. The minimum Gasteiger partial charge on any atom is -0.393 e. The molecule has 3 atom stereocenters. The maximum Gasteiger partial charge on any atom is 0.251 e. The molecule has 1 saturated carbocycles. The highest BCUT2D eigenvalue weighted by atomic mass is 35.5. The van der Waals surface area contributed by atoms with Crippen LogP contribution in [0.1, 0.15) is 55.8 Å². The zero-order valence-corrected chi connectivity index (χ0v) is 17.8. The summed E-state index contributed by atoms with van der Waals surface area (Å²) in [5, 5.41) is 13.0. The number of hydrogen-bond acceptors (Lipinski definition) is 4. The van der Waals surface area contributed by atoms with E-state index in [9.17, 15) is 18.3 Å². The summed E-state index contributed by atoms with van der Waals surface area (Å²) in [7, 11) is -3.74. The molecule has 1 heterocycles. The van der Waals surface area contributed by atoms with Crippen LogP contribution in [0.4, 0.5) is 0 Å². The Balaban J connectivity index is 1.74. The molecule has 2 fully saturated rings. The van der Waals surface area contributed by atoms with Gasteiger partial charge in [-0.05, 0) is 49.8 Å². The monoisotopic (exact) mass is 428 g/mol. The summed E-state index contributed by atoms with van der Waals surface area (Å²) in [6, 6.07) is 4.36. The van der Waals surface area contributed by atoms with Crippen LogP contribution < -0.4 is 5.32 Å². The molecule has 2 N–H and O–H groups in total. The Morgan fingerprint density at radius 2 is 2.00 bits per heavy atom. The number of halogens is 1. The lowest BCUT2D eigenvalue weighted by Crippen LogP contribution is -2.39. The van der Waals surface area contributed by atoms with E-state index in [1.54, 1.807) is 0 Å². The van der Waals surface area contributed by atoms with E-state index in [-0.39, 0.29) is 27.3 Å². The minimum absolute atomic E-state index is 0.0198. The Bertz CT molecular complexity index is 814. The van der Waals surface area contributed by atoms with Crippen LogP contribution in [0.3, 0.4) is 0 Å². The average Bonchev–Trinajstić information content (AvgIpc) is 2.67. The molecular weight excluding hydrogens is 400 g/mol. The highest BCUT2D eigenvalue weighted by molar-refractivity contribution is 7.89. The Hall–Kier alpha value is -1.15. The van der Waals surface area contributed by atoms with E-state index >= 15 is 0 Å². The standard InChI is InChI=1S/C20H29ClN2O4S/c1-14-5-4-10-23(13-14)28(26,27)19-11-15(8-9-17(19)21)20(25)22-12-16-6-2-3-7-18(16)24/h8-9,11,14,16,18,24H,2-7,10,12-13H2,1H3,(H,22,25)/t14-,16+,18+/m1/s1. The highest BCUT2D eigenvalue weighted by Gasteiger charge is 2.31. The van der Waals surface area contributed by atoms with E-state index in [0.29, 0.717) is 25.6 Å². The maximum atomic E-state index is 13.1. The number of aliphatic hydroxyl groups excluding tert-OH is 1. The number of carbonyl (C=O) groups is 1. The van der Waals surface area contributed by atoms with Crippen LogP contribution in [-0.2, 0) is 10.0 Å². The molecule has 1 amide bonds. The van der Waals surface area contributed by atoms with Gasteiger partial charge in [-0.3, -0.25) is 4.79 Å². The molecule has 0 radical (unpaired) electrons. The second kappa shape index (κ2) is 9.11. The van der Waals surface area contributed by atoms with E-state index < -0.39 is 16.1 Å². The molecule has 1 aliphatic heterocycles. The topological polar surface area (TPSA) is 86.7 Å². The Morgan fingerprint density at radius 3 is 2.71 bits per heavy atom. The molecule has 0 spiro atoms. The summed E-state index contributed by atoms with van der Waals surface area (Å²) in [4.78, 5) is 12.5. The summed E-state index contributed by atoms with van der Waals surface area (Å²) >= 11 is 6.19. The van der Waals surface area contributed by atoms with Gasteiger partial charge < -0.3 is 10.4 Å². The van der Waals surface area contributed by atoms with Crippen molar-refractivity contribution in [2.75, 3.05) is 19.6 Å². The van der Waals surface area contributed by atoms with Crippen molar-refractivity contribution in [3.63, 3.8) is 0 Å². The molecule has 28 heavy (non-hydrogen) atoms. The van der Waals surface area contributed by atoms with E-state index in [1.165, 1.54) is 22.5 Å². The third-order valence-electron chi connectivity index (χ3n) is 5.82.